The van der Waals surface area contributed by atoms with Gasteiger partial charge >= 0.3 is 0 Å². The third-order valence-electron chi connectivity index (χ3n) is 3.92. The van der Waals surface area contributed by atoms with Crippen molar-refractivity contribution in [1.29, 1.82) is 0 Å². The minimum absolute atomic E-state index is 0. The second-order valence-electron chi connectivity index (χ2n) is 6.02. The number of guanidine groups is 1. The molecule has 0 spiro atoms. The summed E-state index contributed by atoms with van der Waals surface area (Å²) in [5.41, 5.74) is 1.19. The van der Waals surface area contributed by atoms with Crippen LogP contribution in [-0.4, -0.2) is 45.8 Å². The van der Waals surface area contributed by atoms with Crippen LogP contribution in [0.5, 0.6) is 5.75 Å². The topological polar surface area (TPSA) is 48.9 Å². The van der Waals surface area contributed by atoms with E-state index >= 15 is 0 Å². The highest BCUT2D eigenvalue weighted by Gasteiger charge is 2.24. The molecule has 1 atom stereocenters. The van der Waals surface area contributed by atoms with Crippen LogP contribution >= 0.6 is 24.0 Å². The Morgan fingerprint density at radius 1 is 1.39 bits per heavy atom. The van der Waals surface area contributed by atoms with Crippen LogP contribution in [0.15, 0.2) is 29.3 Å². The van der Waals surface area contributed by atoms with E-state index < -0.39 is 0 Å². The molecule has 0 amide bonds. The summed E-state index contributed by atoms with van der Waals surface area (Å²) in [6.45, 7) is 7.30. The predicted octanol–water partition coefficient (Wildman–Crippen LogP) is 2.71. The van der Waals surface area contributed by atoms with Crippen LogP contribution in [0.3, 0.4) is 0 Å². The molecule has 0 aliphatic carbocycles. The molecule has 1 aromatic rings. The average molecular weight is 432 g/mol. The highest BCUT2D eigenvalue weighted by Crippen LogP contribution is 2.31. The Morgan fingerprint density at radius 3 is 2.78 bits per heavy atom. The lowest BCUT2D eigenvalue weighted by Gasteiger charge is -2.21. The fourth-order valence-electron chi connectivity index (χ4n) is 2.82. The van der Waals surface area contributed by atoms with Crippen molar-refractivity contribution in [2.24, 2.45) is 10.9 Å². The zero-order chi connectivity index (χ0) is 15.9. The predicted molar refractivity (Wildman–Crippen MR) is 108 cm³/mol. The molecule has 0 bridgehead atoms. The van der Waals surface area contributed by atoms with E-state index in [4.69, 9.17) is 4.74 Å². The molecular weight excluding hydrogens is 403 g/mol. The van der Waals surface area contributed by atoms with Crippen LogP contribution in [0.1, 0.15) is 20.3 Å². The Morgan fingerprint density at radius 2 is 2.13 bits per heavy atom. The van der Waals surface area contributed by atoms with Crippen molar-refractivity contribution in [3.05, 3.63) is 24.3 Å². The van der Waals surface area contributed by atoms with Crippen molar-refractivity contribution < 1.29 is 4.74 Å². The Labute approximate surface area is 156 Å². The molecule has 23 heavy (non-hydrogen) atoms. The quantitative estimate of drug-likeness (QED) is 0.427. The van der Waals surface area contributed by atoms with E-state index in [0.29, 0.717) is 12.0 Å². The molecule has 1 fully saturated rings. The number of aliphatic imine (C=N–C) groups is 1. The molecule has 2 N–H and O–H groups in total. The molecule has 1 heterocycles. The van der Waals surface area contributed by atoms with Gasteiger partial charge in [0.15, 0.2) is 5.96 Å². The minimum atomic E-state index is 0. The number of methoxy groups -OCH3 is 1. The van der Waals surface area contributed by atoms with Gasteiger partial charge < -0.3 is 20.3 Å². The van der Waals surface area contributed by atoms with Crippen LogP contribution in [0, 0.1) is 5.92 Å². The molecule has 0 radical (unpaired) electrons. The number of hydrogen-bond donors (Lipinski definition) is 2. The van der Waals surface area contributed by atoms with Crippen LogP contribution in [0.2, 0.25) is 0 Å². The summed E-state index contributed by atoms with van der Waals surface area (Å²) in [6, 6.07) is 8.62. The highest BCUT2D eigenvalue weighted by molar-refractivity contribution is 14.0. The van der Waals surface area contributed by atoms with Gasteiger partial charge in [-0.2, -0.15) is 0 Å². The van der Waals surface area contributed by atoms with Crippen molar-refractivity contribution in [2.45, 2.75) is 26.3 Å². The lowest BCUT2D eigenvalue weighted by Crippen LogP contribution is -2.43. The largest absolute Gasteiger partial charge is 0.495 e. The maximum Gasteiger partial charge on any atom is 0.191 e. The minimum Gasteiger partial charge on any atom is -0.495 e. The molecule has 1 aromatic carbocycles. The van der Waals surface area contributed by atoms with Crippen molar-refractivity contribution >= 4 is 35.6 Å². The molecular formula is C17H29IN4O. The first-order valence-corrected chi connectivity index (χ1v) is 7.99. The third-order valence-corrected chi connectivity index (χ3v) is 3.92. The number of nitrogens with one attached hydrogen (secondary N) is 2. The first-order chi connectivity index (χ1) is 10.6. The molecule has 0 aromatic heterocycles. The average Bonchev–Trinajstić information content (AvgIpc) is 2.99. The summed E-state index contributed by atoms with van der Waals surface area (Å²) in [4.78, 5) is 6.66. The van der Waals surface area contributed by atoms with Crippen molar-refractivity contribution in [3.8, 4) is 5.75 Å². The number of ether oxygens (including phenoxy) is 1. The molecule has 5 nitrogen and oxygen atoms in total. The molecule has 130 valence electrons. The Hall–Kier alpha value is -1.18. The van der Waals surface area contributed by atoms with Gasteiger partial charge in [0.25, 0.3) is 0 Å². The molecule has 1 unspecified atom stereocenters. The Kier molecular flexibility index (Phi) is 8.51. The number of anilines is 1. The zero-order valence-electron chi connectivity index (χ0n) is 14.5. The maximum absolute atomic E-state index is 5.47. The molecule has 1 aliphatic heterocycles. The lowest BCUT2D eigenvalue weighted by molar-refractivity contribution is 0.414. The van der Waals surface area contributed by atoms with Crippen molar-refractivity contribution in [1.82, 2.24) is 10.6 Å². The van der Waals surface area contributed by atoms with E-state index in [1.54, 1.807) is 7.11 Å². The van der Waals surface area contributed by atoms with Crippen LogP contribution < -0.4 is 20.3 Å². The molecule has 0 saturated carbocycles. The van der Waals surface area contributed by atoms with Gasteiger partial charge in [0.1, 0.15) is 5.75 Å². The fraction of sp³-hybridized carbons (Fsp3) is 0.588. The Balaban J connectivity index is 0.00000264. The molecule has 6 heteroatoms. The first kappa shape index (κ1) is 19.9. The molecule has 1 aliphatic rings. The molecule has 1 saturated heterocycles. The van der Waals surface area contributed by atoms with Gasteiger partial charge in [0.2, 0.25) is 0 Å². The second kappa shape index (κ2) is 9.85. The van der Waals surface area contributed by atoms with E-state index in [2.05, 4.69) is 46.5 Å². The first-order valence-electron chi connectivity index (χ1n) is 7.99. The monoisotopic (exact) mass is 432 g/mol. The standard InChI is InChI=1S/C17H28N4O.HI/c1-13(2)20-17(18-3)19-11-14-9-10-21(12-14)15-7-5-6-8-16(15)22-4;/h5-8,13-14H,9-12H2,1-4H3,(H2,18,19,20);1H. The van der Waals surface area contributed by atoms with E-state index in [-0.39, 0.29) is 24.0 Å². The third kappa shape index (κ3) is 5.75. The molecule has 2 rings (SSSR count). The van der Waals surface area contributed by atoms with Crippen molar-refractivity contribution in [2.75, 3.05) is 38.7 Å². The number of hydrogen-bond acceptors (Lipinski definition) is 3. The van der Waals surface area contributed by atoms with E-state index in [1.165, 1.54) is 12.1 Å². The fourth-order valence-corrected chi connectivity index (χ4v) is 2.82. The number of rotatable bonds is 5. The maximum atomic E-state index is 5.47. The zero-order valence-corrected chi connectivity index (χ0v) is 16.8. The van der Waals surface area contributed by atoms with Gasteiger partial charge in [0, 0.05) is 32.7 Å². The number of nitrogens with zero attached hydrogens (tertiary/aromatic N) is 2. The summed E-state index contributed by atoms with van der Waals surface area (Å²) < 4.78 is 5.47. The van der Waals surface area contributed by atoms with Crippen LogP contribution in [-0.2, 0) is 0 Å². The van der Waals surface area contributed by atoms with Gasteiger partial charge in [-0.1, -0.05) is 12.1 Å². The van der Waals surface area contributed by atoms with Gasteiger partial charge in [-0.3, -0.25) is 4.99 Å². The second-order valence-corrected chi connectivity index (χ2v) is 6.02. The van der Waals surface area contributed by atoms with Gasteiger partial charge in [-0.15, -0.1) is 24.0 Å². The summed E-state index contributed by atoms with van der Waals surface area (Å²) in [5.74, 6) is 2.45. The summed E-state index contributed by atoms with van der Waals surface area (Å²) in [7, 11) is 3.54. The van der Waals surface area contributed by atoms with Gasteiger partial charge in [-0.05, 0) is 38.3 Å². The SMILES string of the molecule is CN=C(NCC1CCN(c2ccccc2OC)C1)NC(C)C.I. The number of halogens is 1. The highest BCUT2D eigenvalue weighted by atomic mass is 127. The Bertz CT molecular complexity index is 507. The van der Waals surface area contributed by atoms with E-state index in [0.717, 1.165) is 31.3 Å². The van der Waals surface area contributed by atoms with Gasteiger partial charge in [-0.25, -0.2) is 0 Å². The smallest absolute Gasteiger partial charge is 0.191 e. The lowest BCUT2D eigenvalue weighted by atomic mass is 10.1. The van der Waals surface area contributed by atoms with Crippen molar-refractivity contribution in [3.63, 3.8) is 0 Å². The van der Waals surface area contributed by atoms with E-state index in [1.807, 2.05) is 19.2 Å². The summed E-state index contributed by atoms with van der Waals surface area (Å²) in [6.07, 6.45) is 1.18. The number of para-hydroxylation sites is 2. The van der Waals surface area contributed by atoms with E-state index in [9.17, 15) is 0 Å². The van der Waals surface area contributed by atoms with Crippen LogP contribution in [0.25, 0.3) is 0 Å². The van der Waals surface area contributed by atoms with Crippen LogP contribution in [0.4, 0.5) is 5.69 Å². The summed E-state index contributed by atoms with van der Waals surface area (Å²) in [5, 5.41) is 6.74. The van der Waals surface area contributed by atoms with Gasteiger partial charge in [0.05, 0.1) is 12.8 Å². The number of benzene rings is 1. The summed E-state index contributed by atoms with van der Waals surface area (Å²) >= 11 is 0. The normalized spacial score (nSPS) is 17.9.